The lowest BCUT2D eigenvalue weighted by molar-refractivity contribution is -0.144. The minimum absolute atomic E-state index is 0.232. The Morgan fingerprint density at radius 2 is 1.89 bits per heavy atom. The van der Waals surface area contributed by atoms with Gasteiger partial charge in [-0.2, -0.15) is 0 Å². The van der Waals surface area contributed by atoms with Crippen LogP contribution in [0.15, 0.2) is 0 Å². The summed E-state index contributed by atoms with van der Waals surface area (Å²) in [6.45, 7) is 7.05. The molecule has 1 aliphatic heterocycles. The molecular formula is C13H25N3O3. The first-order valence-corrected chi connectivity index (χ1v) is 6.84. The zero-order valence-corrected chi connectivity index (χ0v) is 12.1. The number of esters is 1. The normalized spacial score (nSPS) is 18.9. The molecule has 110 valence electrons. The summed E-state index contributed by atoms with van der Waals surface area (Å²) in [5, 5.41) is 5.81. The van der Waals surface area contributed by atoms with Crippen LogP contribution in [0.2, 0.25) is 0 Å². The molecule has 0 saturated carbocycles. The number of ether oxygens (including phenoxy) is 1. The predicted octanol–water partition coefficient (Wildman–Crippen LogP) is -0.262. The van der Waals surface area contributed by atoms with Gasteiger partial charge in [-0.3, -0.25) is 9.69 Å². The van der Waals surface area contributed by atoms with Gasteiger partial charge in [0.15, 0.2) is 0 Å². The second-order valence-corrected chi connectivity index (χ2v) is 5.03. The molecule has 1 aliphatic rings. The van der Waals surface area contributed by atoms with E-state index in [4.69, 9.17) is 0 Å². The molecule has 19 heavy (non-hydrogen) atoms. The van der Waals surface area contributed by atoms with Crippen molar-refractivity contribution in [3.8, 4) is 0 Å². The average Bonchev–Trinajstić information content (AvgIpc) is 2.89. The van der Waals surface area contributed by atoms with Crippen molar-refractivity contribution >= 4 is 11.9 Å². The highest BCUT2D eigenvalue weighted by Crippen LogP contribution is 2.10. The van der Waals surface area contributed by atoms with E-state index < -0.39 is 12.0 Å². The summed E-state index contributed by atoms with van der Waals surface area (Å²) in [6, 6.07) is -0.175. The lowest BCUT2D eigenvalue weighted by Crippen LogP contribution is -2.49. The Kier molecular flexibility index (Phi) is 6.80. The van der Waals surface area contributed by atoms with Gasteiger partial charge in [0.25, 0.3) is 0 Å². The van der Waals surface area contributed by atoms with E-state index in [9.17, 15) is 9.59 Å². The maximum Gasteiger partial charge on any atom is 0.329 e. The van der Waals surface area contributed by atoms with E-state index in [0.29, 0.717) is 12.6 Å². The molecule has 0 aromatic carbocycles. The topological polar surface area (TPSA) is 70.7 Å². The summed E-state index contributed by atoms with van der Waals surface area (Å²) in [4.78, 5) is 24.9. The van der Waals surface area contributed by atoms with Crippen LogP contribution in [-0.2, 0) is 14.3 Å². The summed E-state index contributed by atoms with van der Waals surface area (Å²) in [7, 11) is 1.32. The van der Waals surface area contributed by atoms with E-state index in [2.05, 4.69) is 27.2 Å². The van der Waals surface area contributed by atoms with Gasteiger partial charge >= 0.3 is 5.97 Å². The first-order valence-electron chi connectivity index (χ1n) is 6.84. The number of amides is 1. The van der Waals surface area contributed by atoms with Crippen molar-refractivity contribution in [3.05, 3.63) is 0 Å². The van der Waals surface area contributed by atoms with Gasteiger partial charge in [0, 0.05) is 26.1 Å². The quantitative estimate of drug-likeness (QED) is 0.624. The third-order valence-corrected chi connectivity index (χ3v) is 3.42. The van der Waals surface area contributed by atoms with Crippen molar-refractivity contribution in [1.29, 1.82) is 0 Å². The molecule has 2 atom stereocenters. The largest absolute Gasteiger partial charge is 0.467 e. The summed E-state index contributed by atoms with van der Waals surface area (Å²) in [5.74, 6) is -0.652. The summed E-state index contributed by atoms with van der Waals surface area (Å²) in [5.41, 5.74) is 0. The molecule has 6 heteroatoms. The minimum atomic E-state index is -0.617. The number of hydrogen-bond donors (Lipinski definition) is 2. The maximum atomic E-state index is 11.5. The van der Waals surface area contributed by atoms with Crippen molar-refractivity contribution < 1.29 is 14.3 Å². The summed E-state index contributed by atoms with van der Waals surface area (Å²) < 4.78 is 4.67. The van der Waals surface area contributed by atoms with Crippen LogP contribution in [0.5, 0.6) is 0 Å². The fourth-order valence-corrected chi connectivity index (χ4v) is 2.33. The van der Waals surface area contributed by atoms with Crippen LogP contribution >= 0.6 is 0 Å². The van der Waals surface area contributed by atoms with E-state index >= 15 is 0 Å². The number of carbonyl (C=O) groups is 2. The molecule has 0 aliphatic carbocycles. The van der Waals surface area contributed by atoms with E-state index in [-0.39, 0.29) is 5.91 Å². The second kappa shape index (κ2) is 8.12. The maximum absolute atomic E-state index is 11.5. The number of nitrogens with zero attached hydrogens (tertiary/aromatic N) is 1. The van der Waals surface area contributed by atoms with Gasteiger partial charge in [0.1, 0.15) is 6.04 Å². The Bertz CT molecular complexity index is 304. The number of carbonyl (C=O) groups excluding carboxylic acids is 2. The average molecular weight is 271 g/mol. The van der Waals surface area contributed by atoms with Crippen LogP contribution in [0.1, 0.15) is 26.7 Å². The Hall–Kier alpha value is -1.14. The molecule has 1 amide bonds. The summed E-state index contributed by atoms with van der Waals surface area (Å²) >= 11 is 0. The molecule has 0 radical (unpaired) electrons. The molecule has 0 spiro atoms. The highest BCUT2D eigenvalue weighted by Gasteiger charge is 2.21. The van der Waals surface area contributed by atoms with Crippen LogP contribution in [0.25, 0.3) is 0 Å². The molecule has 2 N–H and O–H groups in total. The van der Waals surface area contributed by atoms with Crippen LogP contribution in [0.4, 0.5) is 0 Å². The smallest absolute Gasteiger partial charge is 0.329 e. The Morgan fingerprint density at radius 3 is 2.42 bits per heavy atom. The molecule has 2 unspecified atom stereocenters. The van der Waals surface area contributed by atoms with Gasteiger partial charge in [-0.15, -0.1) is 0 Å². The number of hydrogen-bond acceptors (Lipinski definition) is 5. The number of rotatable bonds is 7. The molecule has 1 fully saturated rings. The minimum Gasteiger partial charge on any atom is -0.467 e. The van der Waals surface area contributed by atoms with E-state index in [1.807, 2.05) is 0 Å². The van der Waals surface area contributed by atoms with Gasteiger partial charge in [0.2, 0.25) is 5.91 Å². The van der Waals surface area contributed by atoms with Crippen LogP contribution in [0.3, 0.4) is 0 Å². The molecule has 6 nitrogen and oxygen atoms in total. The Morgan fingerprint density at radius 1 is 1.26 bits per heavy atom. The second-order valence-electron chi connectivity index (χ2n) is 5.03. The standard InChI is InChI=1S/C13H25N3O3/c1-10(16-6-4-5-7-16)8-14-9-12(13(18)19-3)15-11(2)17/h10,12,14H,4-9H2,1-3H3,(H,15,17). The monoisotopic (exact) mass is 271 g/mol. The third kappa shape index (κ3) is 5.57. The number of likely N-dealkylation sites (tertiary alicyclic amines) is 1. The van der Waals surface area contributed by atoms with Gasteiger partial charge < -0.3 is 15.4 Å². The molecule has 1 heterocycles. The molecule has 1 saturated heterocycles. The van der Waals surface area contributed by atoms with Gasteiger partial charge in [-0.25, -0.2) is 4.79 Å². The third-order valence-electron chi connectivity index (χ3n) is 3.42. The fraction of sp³-hybridized carbons (Fsp3) is 0.846. The zero-order valence-electron chi connectivity index (χ0n) is 12.1. The summed E-state index contributed by atoms with van der Waals surface area (Å²) in [6.07, 6.45) is 2.53. The van der Waals surface area contributed by atoms with E-state index in [1.54, 1.807) is 0 Å². The number of nitrogens with one attached hydrogen (secondary N) is 2. The fourth-order valence-electron chi connectivity index (χ4n) is 2.33. The predicted molar refractivity (Wildman–Crippen MR) is 72.8 cm³/mol. The molecule has 0 bridgehead atoms. The van der Waals surface area contributed by atoms with E-state index in [1.165, 1.54) is 26.9 Å². The van der Waals surface area contributed by atoms with Gasteiger partial charge in [-0.1, -0.05) is 0 Å². The van der Waals surface area contributed by atoms with Crippen molar-refractivity contribution in [1.82, 2.24) is 15.5 Å². The molecule has 0 aromatic rings. The van der Waals surface area contributed by atoms with E-state index in [0.717, 1.165) is 19.6 Å². The first-order chi connectivity index (χ1) is 9.04. The van der Waals surface area contributed by atoms with Crippen LogP contribution in [-0.4, -0.2) is 62.1 Å². The molecule has 1 rings (SSSR count). The SMILES string of the molecule is COC(=O)C(CNCC(C)N1CCCC1)NC(C)=O. The highest BCUT2D eigenvalue weighted by molar-refractivity contribution is 5.83. The Balaban J connectivity index is 2.30. The first kappa shape index (κ1) is 15.9. The highest BCUT2D eigenvalue weighted by atomic mass is 16.5. The molecule has 0 aromatic heterocycles. The van der Waals surface area contributed by atoms with Crippen molar-refractivity contribution in [2.75, 3.05) is 33.3 Å². The lowest BCUT2D eigenvalue weighted by Gasteiger charge is -2.25. The molecular weight excluding hydrogens is 246 g/mol. The van der Waals surface area contributed by atoms with Crippen LogP contribution < -0.4 is 10.6 Å². The van der Waals surface area contributed by atoms with Gasteiger partial charge in [-0.05, 0) is 32.9 Å². The van der Waals surface area contributed by atoms with Gasteiger partial charge in [0.05, 0.1) is 7.11 Å². The van der Waals surface area contributed by atoms with Crippen LogP contribution in [0, 0.1) is 0 Å². The van der Waals surface area contributed by atoms with Crippen molar-refractivity contribution in [3.63, 3.8) is 0 Å². The zero-order chi connectivity index (χ0) is 14.3. The lowest BCUT2D eigenvalue weighted by atomic mass is 10.2. The number of methoxy groups -OCH3 is 1. The van der Waals surface area contributed by atoms with Crippen molar-refractivity contribution in [2.45, 2.75) is 38.8 Å². The van der Waals surface area contributed by atoms with Crippen molar-refractivity contribution in [2.24, 2.45) is 0 Å². The Labute approximate surface area is 114 Å².